The highest BCUT2D eigenvalue weighted by Gasteiger charge is 2.05. The Balaban J connectivity index is 2.09. The lowest BCUT2D eigenvalue weighted by Gasteiger charge is -2.02. The van der Waals surface area contributed by atoms with E-state index in [0.29, 0.717) is 27.3 Å². The molecule has 1 aromatic carbocycles. The predicted octanol–water partition coefficient (Wildman–Crippen LogP) is 3.89. The van der Waals surface area contributed by atoms with Gasteiger partial charge in [-0.15, -0.1) is 5.11 Å². The molecule has 0 unspecified atom stereocenters. The summed E-state index contributed by atoms with van der Waals surface area (Å²) in [7, 11) is 0. The van der Waals surface area contributed by atoms with Crippen molar-refractivity contribution in [2.45, 2.75) is 13.3 Å². The van der Waals surface area contributed by atoms with Crippen LogP contribution in [-0.4, -0.2) is 26.8 Å². The normalized spacial score (nSPS) is 11.7. The Morgan fingerprint density at radius 3 is 2.75 bits per heavy atom. The summed E-state index contributed by atoms with van der Waals surface area (Å²) in [5.74, 6) is -0.679. The Hall–Kier alpha value is -2.58. The van der Waals surface area contributed by atoms with Crippen LogP contribution in [0.4, 0.5) is 5.82 Å². The van der Waals surface area contributed by atoms with Gasteiger partial charge in [0.2, 0.25) is 0 Å². The average molecular weight is 367 g/mol. The van der Waals surface area contributed by atoms with E-state index >= 15 is 0 Å². The molecule has 8 nitrogen and oxygen atoms in total. The molecule has 0 fully saturated rings. The first kappa shape index (κ1) is 17.8. The highest BCUT2D eigenvalue weighted by molar-refractivity contribution is 6.42. The number of carbonyl (C=O) groups is 1. The van der Waals surface area contributed by atoms with Gasteiger partial charge >= 0.3 is 5.97 Å². The molecule has 2 aromatic rings. The lowest BCUT2D eigenvalue weighted by atomic mass is 10.1. The third-order valence-electron chi connectivity index (χ3n) is 2.71. The molecule has 0 atom stereocenters. The third-order valence-corrected chi connectivity index (χ3v) is 3.45. The van der Waals surface area contributed by atoms with Gasteiger partial charge in [-0.1, -0.05) is 29.3 Å². The third kappa shape index (κ3) is 5.25. The second-order valence-corrected chi connectivity index (χ2v) is 5.42. The number of benzene rings is 1. The van der Waals surface area contributed by atoms with Gasteiger partial charge < -0.3 is 5.11 Å². The second kappa shape index (κ2) is 8.32. The molecular formula is C14H12Cl2N6O2. The van der Waals surface area contributed by atoms with Crippen molar-refractivity contribution in [2.75, 3.05) is 0 Å². The summed E-state index contributed by atoms with van der Waals surface area (Å²) in [6.07, 6.45) is 1.16. The number of aromatic nitrogens is 2. The zero-order valence-electron chi connectivity index (χ0n) is 12.4. The van der Waals surface area contributed by atoms with Crippen LogP contribution >= 0.6 is 23.2 Å². The van der Waals surface area contributed by atoms with Crippen molar-refractivity contribution < 1.29 is 9.90 Å². The minimum atomic E-state index is -0.975. The van der Waals surface area contributed by atoms with Gasteiger partial charge in [-0.25, -0.2) is 9.97 Å². The average Bonchev–Trinajstić information content (AvgIpc) is 2.54. The highest BCUT2D eigenvalue weighted by atomic mass is 35.5. The molecule has 1 aromatic heterocycles. The Kier molecular flexibility index (Phi) is 6.16. The molecule has 1 heterocycles. The van der Waals surface area contributed by atoms with Gasteiger partial charge in [-0.2, -0.15) is 10.6 Å². The van der Waals surface area contributed by atoms with Crippen LogP contribution in [0.3, 0.4) is 0 Å². The number of hydrogen-bond donors (Lipinski definition) is 2. The first-order valence-electron chi connectivity index (χ1n) is 6.64. The Labute approximate surface area is 147 Å². The van der Waals surface area contributed by atoms with Gasteiger partial charge in [0.15, 0.2) is 5.82 Å². The smallest absolute Gasteiger partial charge is 0.309 e. The van der Waals surface area contributed by atoms with Crippen LogP contribution in [0, 0.1) is 0 Å². The summed E-state index contributed by atoms with van der Waals surface area (Å²) < 4.78 is 0. The van der Waals surface area contributed by atoms with E-state index in [2.05, 4.69) is 30.9 Å². The Bertz CT molecular complexity index is 810. The van der Waals surface area contributed by atoms with Crippen molar-refractivity contribution in [3.63, 3.8) is 0 Å². The van der Waals surface area contributed by atoms with Crippen LogP contribution in [0.5, 0.6) is 0 Å². The monoisotopic (exact) mass is 366 g/mol. The maximum atomic E-state index is 10.5. The minimum absolute atomic E-state index is 0.183. The van der Waals surface area contributed by atoms with Crippen molar-refractivity contribution in [1.29, 1.82) is 0 Å². The summed E-state index contributed by atoms with van der Waals surface area (Å²) in [5.41, 5.74) is 4.02. The molecule has 0 amide bonds. The molecule has 0 saturated carbocycles. The number of hydrogen-bond acceptors (Lipinski definition) is 6. The number of nitrogens with one attached hydrogen (secondary N) is 1. The van der Waals surface area contributed by atoms with Gasteiger partial charge in [-0.05, 0) is 24.3 Å². The number of nitrogens with zero attached hydrogens (tertiary/aromatic N) is 5. The van der Waals surface area contributed by atoms with E-state index in [4.69, 9.17) is 28.3 Å². The van der Waals surface area contributed by atoms with Gasteiger partial charge in [0.05, 0.1) is 22.2 Å². The van der Waals surface area contributed by atoms with E-state index in [9.17, 15) is 4.79 Å². The van der Waals surface area contributed by atoms with Crippen molar-refractivity contribution in [3.05, 3.63) is 40.6 Å². The summed E-state index contributed by atoms with van der Waals surface area (Å²) in [6.45, 7) is 1.56. The molecule has 0 aliphatic rings. The number of carboxylic acid groups (broad SMARTS) is 1. The summed E-state index contributed by atoms with van der Waals surface area (Å²) in [5, 5.41) is 20.6. The quantitative estimate of drug-likeness (QED) is 0.457. The number of halogens is 2. The van der Waals surface area contributed by atoms with Crippen molar-refractivity contribution in [1.82, 2.24) is 15.5 Å². The maximum Gasteiger partial charge on any atom is 0.309 e. The highest BCUT2D eigenvalue weighted by Crippen LogP contribution is 2.28. The van der Waals surface area contributed by atoms with Crippen LogP contribution in [0.15, 0.2) is 46.0 Å². The van der Waals surface area contributed by atoms with Crippen LogP contribution in [0.1, 0.15) is 13.3 Å². The topological polar surface area (TPSA) is 112 Å². The van der Waals surface area contributed by atoms with E-state index in [-0.39, 0.29) is 6.42 Å². The van der Waals surface area contributed by atoms with Gasteiger partial charge in [0.1, 0.15) is 6.33 Å². The maximum absolute atomic E-state index is 10.5. The van der Waals surface area contributed by atoms with Gasteiger partial charge in [-0.3, -0.25) is 4.79 Å². The van der Waals surface area contributed by atoms with Gasteiger partial charge in [0, 0.05) is 17.3 Å². The standard InChI is InChI=1S/C14H12Cl2N6O2/c1-8(4-14(23)24)19-21-22-20-13-6-12(17-7-18-13)9-2-3-10(15)11(16)5-9/h2-3,5-7H,4H2,1H3,(H,23,24)(H,17,18,20,21). The largest absolute Gasteiger partial charge is 0.481 e. The summed E-state index contributed by atoms with van der Waals surface area (Å²) in [6, 6.07) is 6.74. The molecule has 0 radical (unpaired) electrons. The molecule has 2 N–H and O–H groups in total. The number of aliphatic carboxylic acids is 1. The number of carboxylic acids is 1. The molecule has 0 spiro atoms. The van der Waals surface area contributed by atoms with Crippen LogP contribution in [-0.2, 0) is 4.79 Å². The fourth-order valence-corrected chi connectivity index (χ4v) is 1.95. The summed E-state index contributed by atoms with van der Waals surface area (Å²) >= 11 is 11.9. The van der Waals surface area contributed by atoms with Crippen molar-refractivity contribution >= 4 is 40.7 Å². The van der Waals surface area contributed by atoms with E-state index in [1.54, 1.807) is 31.2 Å². The SMILES string of the molecule is CC(CC(=O)O)=NNN=Nc1cc(-c2ccc(Cl)c(Cl)c2)ncn1. The molecule has 10 heteroatoms. The van der Waals surface area contributed by atoms with Crippen LogP contribution in [0.2, 0.25) is 10.0 Å². The van der Waals surface area contributed by atoms with Crippen LogP contribution < -0.4 is 5.53 Å². The predicted molar refractivity (Wildman–Crippen MR) is 90.5 cm³/mol. The van der Waals surface area contributed by atoms with Gasteiger partial charge in [0.25, 0.3) is 0 Å². The minimum Gasteiger partial charge on any atom is -0.481 e. The first-order chi connectivity index (χ1) is 11.5. The van der Waals surface area contributed by atoms with Crippen molar-refractivity contribution in [2.24, 2.45) is 15.4 Å². The zero-order chi connectivity index (χ0) is 17.5. The molecule has 0 saturated heterocycles. The molecule has 2 rings (SSSR count). The fourth-order valence-electron chi connectivity index (χ4n) is 1.65. The van der Waals surface area contributed by atoms with Crippen LogP contribution in [0.25, 0.3) is 11.3 Å². The number of hydrazone groups is 1. The van der Waals surface area contributed by atoms with E-state index in [1.165, 1.54) is 6.33 Å². The summed E-state index contributed by atoms with van der Waals surface area (Å²) in [4.78, 5) is 18.6. The lowest BCUT2D eigenvalue weighted by molar-refractivity contribution is -0.135. The second-order valence-electron chi connectivity index (χ2n) is 4.61. The van der Waals surface area contributed by atoms with E-state index in [0.717, 1.165) is 5.56 Å². The van der Waals surface area contributed by atoms with Crippen molar-refractivity contribution in [3.8, 4) is 11.3 Å². The van der Waals surface area contributed by atoms with E-state index < -0.39 is 5.97 Å². The molecule has 0 bridgehead atoms. The number of rotatable bonds is 6. The Morgan fingerprint density at radius 2 is 2.04 bits per heavy atom. The molecule has 24 heavy (non-hydrogen) atoms. The Morgan fingerprint density at radius 1 is 1.25 bits per heavy atom. The molecule has 124 valence electrons. The molecular weight excluding hydrogens is 355 g/mol. The van der Waals surface area contributed by atoms with E-state index in [1.807, 2.05) is 0 Å². The zero-order valence-corrected chi connectivity index (χ0v) is 14.0. The fraction of sp³-hybridized carbons (Fsp3) is 0.143. The lowest BCUT2D eigenvalue weighted by Crippen LogP contribution is -2.06. The molecule has 0 aliphatic heterocycles. The first-order valence-corrected chi connectivity index (χ1v) is 7.39. The molecule has 0 aliphatic carbocycles.